The maximum absolute atomic E-state index is 12.7. The second-order valence-electron chi connectivity index (χ2n) is 8.79. The van der Waals surface area contributed by atoms with E-state index in [2.05, 4.69) is 15.2 Å². The first-order chi connectivity index (χ1) is 13.4. The Labute approximate surface area is 191 Å². The Kier molecular flexibility index (Phi) is 8.36. The first-order valence-electron chi connectivity index (χ1n) is 10.5. The molecule has 3 N–H and O–H groups in total. The first-order valence-corrected chi connectivity index (χ1v) is 10.5. The molecule has 1 aromatic rings. The summed E-state index contributed by atoms with van der Waals surface area (Å²) in [6.07, 6.45) is 7.69. The van der Waals surface area contributed by atoms with Gasteiger partial charge in [0, 0.05) is 37.6 Å². The highest BCUT2D eigenvalue weighted by atomic mass is 35.5. The summed E-state index contributed by atoms with van der Waals surface area (Å²) in [5.41, 5.74) is 6.61. The van der Waals surface area contributed by atoms with Crippen LogP contribution in [-0.4, -0.2) is 53.4 Å². The van der Waals surface area contributed by atoms with Crippen LogP contribution >= 0.6 is 24.8 Å². The average Bonchev–Trinajstić information content (AvgIpc) is 3.53. The van der Waals surface area contributed by atoms with Gasteiger partial charge < -0.3 is 20.9 Å². The van der Waals surface area contributed by atoms with Crippen molar-refractivity contribution in [3.05, 3.63) is 18.3 Å². The summed E-state index contributed by atoms with van der Waals surface area (Å²) < 4.78 is 0. The van der Waals surface area contributed by atoms with Gasteiger partial charge in [-0.2, -0.15) is 0 Å². The normalized spacial score (nSPS) is 26.3. The zero-order valence-corrected chi connectivity index (χ0v) is 19.1. The number of rotatable bonds is 4. The van der Waals surface area contributed by atoms with E-state index in [1.165, 1.54) is 0 Å². The third kappa shape index (κ3) is 5.56. The second kappa shape index (κ2) is 10.2. The number of nitrogens with zero attached hydrogens (tertiary/aromatic N) is 3. The van der Waals surface area contributed by atoms with Crippen molar-refractivity contribution in [2.75, 3.05) is 36.4 Å². The predicted octanol–water partition coefficient (Wildman–Crippen LogP) is 2.83. The van der Waals surface area contributed by atoms with Crippen molar-refractivity contribution < 1.29 is 9.59 Å². The van der Waals surface area contributed by atoms with Gasteiger partial charge in [-0.1, -0.05) is 12.8 Å². The Morgan fingerprint density at radius 1 is 1.10 bits per heavy atom. The number of piperazine rings is 1. The SMILES string of the molecule is CC1(N)CCCCC1C(=O)Nc1ccc(N2CCN(C(=O)C3CC3)CC2)nc1.Cl.Cl. The molecule has 168 valence electrons. The van der Waals surface area contributed by atoms with Crippen LogP contribution in [0.2, 0.25) is 0 Å². The number of nitrogens with one attached hydrogen (secondary N) is 1. The van der Waals surface area contributed by atoms with Crippen LogP contribution in [0.1, 0.15) is 45.4 Å². The number of amides is 2. The van der Waals surface area contributed by atoms with Gasteiger partial charge in [0.15, 0.2) is 0 Å². The van der Waals surface area contributed by atoms with E-state index in [4.69, 9.17) is 5.73 Å². The second-order valence-corrected chi connectivity index (χ2v) is 8.79. The van der Waals surface area contributed by atoms with Gasteiger partial charge in [-0.15, -0.1) is 24.8 Å². The summed E-state index contributed by atoms with van der Waals surface area (Å²) in [6, 6.07) is 3.84. The average molecular weight is 458 g/mol. The Balaban J connectivity index is 0.00000160. The topological polar surface area (TPSA) is 91.6 Å². The van der Waals surface area contributed by atoms with Crippen LogP contribution in [0.15, 0.2) is 18.3 Å². The van der Waals surface area contributed by atoms with Gasteiger partial charge in [-0.3, -0.25) is 9.59 Å². The van der Waals surface area contributed by atoms with Gasteiger partial charge in [0.25, 0.3) is 0 Å². The van der Waals surface area contributed by atoms with E-state index < -0.39 is 5.54 Å². The van der Waals surface area contributed by atoms with Crippen LogP contribution in [-0.2, 0) is 9.59 Å². The molecule has 1 aliphatic heterocycles. The number of aromatic nitrogens is 1. The number of carbonyl (C=O) groups is 2. The van der Waals surface area contributed by atoms with E-state index in [9.17, 15) is 9.59 Å². The number of hydrogen-bond acceptors (Lipinski definition) is 5. The summed E-state index contributed by atoms with van der Waals surface area (Å²) in [5, 5.41) is 2.99. The van der Waals surface area contributed by atoms with Crippen LogP contribution in [0, 0.1) is 11.8 Å². The lowest BCUT2D eigenvalue weighted by atomic mass is 9.74. The fraction of sp³-hybridized carbons (Fsp3) is 0.667. The number of pyridine rings is 1. The number of hydrogen-bond donors (Lipinski definition) is 2. The first kappa shape index (κ1) is 24.7. The third-order valence-corrected chi connectivity index (χ3v) is 6.43. The van der Waals surface area contributed by atoms with Gasteiger partial charge in [0.05, 0.1) is 17.8 Å². The number of carbonyl (C=O) groups excluding carboxylic acids is 2. The molecule has 30 heavy (non-hydrogen) atoms. The molecule has 7 nitrogen and oxygen atoms in total. The van der Waals surface area contributed by atoms with E-state index in [-0.39, 0.29) is 42.6 Å². The minimum Gasteiger partial charge on any atom is -0.353 e. The van der Waals surface area contributed by atoms with Crippen molar-refractivity contribution in [2.24, 2.45) is 17.6 Å². The number of halogens is 2. The van der Waals surface area contributed by atoms with Gasteiger partial charge >= 0.3 is 0 Å². The summed E-state index contributed by atoms with van der Waals surface area (Å²) in [4.78, 5) is 33.5. The molecule has 0 aromatic carbocycles. The highest BCUT2D eigenvalue weighted by Gasteiger charge is 2.38. The molecule has 1 aromatic heterocycles. The van der Waals surface area contributed by atoms with Gasteiger partial charge in [-0.05, 0) is 44.7 Å². The molecule has 2 aliphatic carbocycles. The standard InChI is InChI=1S/C21H31N5O2.2ClH/c1-21(22)9-3-2-4-17(21)19(27)24-16-7-8-18(23-14-16)25-10-12-26(13-11-25)20(28)15-5-6-15;;/h7-8,14-15,17H,2-6,9-13,22H2,1H3,(H,24,27);2*1H. The van der Waals surface area contributed by atoms with E-state index >= 15 is 0 Å². The fourth-order valence-electron chi connectivity index (χ4n) is 4.41. The zero-order valence-electron chi connectivity index (χ0n) is 17.5. The molecule has 2 amide bonds. The largest absolute Gasteiger partial charge is 0.353 e. The van der Waals surface area contributed by atoms with Crippen molar-refractivity contribution in [2.45, 2.75) is 51.0 Å². The van der Waals surface area contributed by atoms with Crippen molar-refractivity contribution in [1.29, 1.82) is 0 Å². The molecule has 0 bridgehead atoms. The molecule has 0 radical (unpaired) electrons. The van der Waals surface area contributed by atoms with E-state index in [1.54, 1.807) is 6.20 Å². The highest BCUT2D eigenvalue weighted by molar-refractivity contribution is 5.93. The molecule has 2 atom stereocenters. The molecule has 1 saturated heterocycles. The molecule has 2 saturated carbocycles. The smallest absolute Gasteiger partial charge is 0.229 e. The molecule has 4 rings (SSSR count). The lowest BCUT2D eigenvalue weighted by Crippen LogP contribution is -2.51. The zero-order chi connectivity index (χ0) is 19.7. The Bertz CT molecular complexity index is 731. The molecule has 2 heterocycles. The van der Waals surface area contributed by atoms with E-state index in [0.29, 0.717) is 11.6 Å². The molecular formula is C21H33Cl2N5O2. The van der Waals surface area contributed by atoms with E-state index in [1.807, 2.05) is 24.0 Å². The molecule has 2 unspecified atom stereocenters. The maximum atomic E-state index is 12.7. The van der Waals surface area contributed by atoms with Gasteiger partial charge in [0.2, 0.25) is 11.8 Å². The molecule has 3 fully saturated rings. The van der Waals surface area contributed by atoms with Crippen LogP contribution in [0.5, 0.6) is 0 Å². The van der Waals surface area contributed by atoms with Crippen LogP contribution in [0.3, 0.4) is 0 Å². The Hall–Kier alpha value is -1.57. The summed E-state index contributed by atoms with van der Waals surface area (Å²) >= 11 is 0. The van der Waals surface area contributed by atoms with Crippen LogP contribution in [0.25, 0.3) is 0 Å². The van der Waals surface area contributed by atoms with Gasteiger partial charge in [0.1, 0.15) is 5.82 Å². The fourth-order valence-corrected chi connectivity index (χ4v) is 4.41. The lowest BCUT2D eigenvalue weighted by molar-refractivity contribution is -0.132. The third-order valence-electron chi connectivity index (χ3n) is 6.43. The van der Waals surface area contributed by atoms with Gasteiger partial charge in [-0.25, -0.2) is 4.98 Å². The molecule has 9 heteroatoms. The maximum Gasteiger partial charge on any atom is 0.229 e. The molecule has 0 spiro atoms. The molecule has 3 aliphatic rings. The minimum absolute atomic E-state index is 0. The minimum atomic E-state index is -0.437. The number of nitrogens with two attached hydrogens (primary N) is 1. The summed E-state index contributed by atoms with van der Waals surface area (Å²) in [6.45, 7) is 5.08. The Morgan fingerprint density at radius 3 is 2.37 bits per heavy atom. The van der Waals surface area contributed by atoms with E-state index in [0.717, 1.165) is 70.5 Å². The van der Waals surface area contributed by atoms with Crippen molar-refractivity contribution in [3.8, 4) is 0 Å². The highest BCUT2D eigenvalue weighted by Crippen LogP contribution is 2.33. The van der Waals surface area contributed by atoms with Crippen molar-refractivity contribution in [1.82, 2.24) is 9.88 Å². The van der Waals surface area contributed by atoms with Crippen LogP contribution in [0.4, 0.5) is 11.5 Å². The van der Waals surface area contributed by atoms with Crippen LogP contribution < -0.4 is 16.0 Å². The Morgan fingerprint density at radius 2 is 1.80 bits per heavy atom. The monoisotopic (exact) mass is 457 g/mol. The predicted molar refractivity (Wildman–Crippen MR) is 123 cm³/mol. The quantitative estimate of drug-likeness (QED) is 0.724. The summed E-state index contributed by atoms with van der Waals surface area (Å²) in [7, 11) is 0. The van der Waals surface area contributed by atoms with Crippen molar-refractivity contribution in [3.63, 3.8) is 0 Å². The lowest BCUT2D eigenvalue weighted by Gasteiger charge is -2.37. The number of anilines is 2. The summed E-state index contributed by atoms with van der Waals surface area (Å²) in [5.74, 6) is 1.33. The molecular weight excluding hydrogens is 425 g/mol. The van der Waals surface area contributed by atoms with Crippen molar-refractivity contribution >= 4 is 48.1 Å².